The molecular formula is C11H16N2O2. The fourth-order valence-corrected chi connectivity index (χ4v) is 1.67. The Morgan fingerprint density at radius 1 is 1.47 bits per heavy atom. The van der Waals surface area contributed by atoms with Gasteiger partial charge in [-0.2, -0.15) is 0 Å². The molecule has 4 heteroatoms. The van der Waals surface area contributed by atoms with Gasteiger partial charge in [0.05, 0.1) is 12.0 Å². The molecule has 1 aromatic carbocycles. The lowest BCUT2D eigenvalue weighted by Crippen LogP contribution is -2.49. The van der Waals surface area contributed by atoms with Crippen molar-refractivity contribution < 1.29 is 9.90 Å². The quantitative estimate of drug-likeness (QED) is 0.379. The average molecular weight is 208 g/mol. The third-order valence-corrected chi connectivity index (χ3v) is 2.77. The zero-order valence-electron chi connectivity index (χ0n) is 8.73. The van der Waals surface area contributed by atoms with Crippen molar-refractivity contribution in [1.29, 1.82) is 0 Å². The van der Waals surface area contributed by atoms with Crippen molar-refractivity contribution in [3.63, 3.8) is 0 Å². The Morgan fingerprint density at radius 3 is 2.47 bits per heavy atom. The molecule has 1 aromatic rings. The van der Waals surface area contributed by atoms with E-state index in [-0.39, 0.29) is 12.5 Å². The van der Waals surface area contributed by atoms with Crippen LogP contribution in [0.5, 0.6) is 0 Å². The minimum absolute atomic E-state index is 0.253. The zero-order valence-corrected chi connectivity index (χ0v) is 8.73. The molecule has 4 nitrogen and oxygen atoms in total. The van der Waals surface area contributed by atoms with Crippen molar-refractivity contribution in [2.75, 3.05) is 6.61 Å². The van der Waals surface area contributed by atoms with E-state index in [2.05, 4.69) is 5.43 Å². The number of aliphatic hydroxyl groups excluding tert-OH is 1. The van der Waals surface area contributed by atoms with Gasteiger partial charge in [-0.05, 0) is 12.0 Å². The number of carbonyl (C=O) groups is 1. The minimum Gasteiger partial charge on any atom is -0.395 e. The van der Waals surface area contributed by atoms with Crippen LogP contribution in [0.3, 0.4) is 0 Å². The Balaban J connectivity index is 3.17. The van der Waals surface area contributed by atoms with Gasteiger partial charge < -0.3 is 5.11 Å². The summed E-state index contributed by atoms with van der Waals surface area (Å²) in [5, 5.41) is 9.42. The SMILES string of the molecule is CCC(CO)(C(=O)NN)c1ccccc1. The molecule has 0 aromatic heterocycles. The molecular weight excluding hydrogens is 192 g/mol. The monoisotopic (exact) mass is 208 g/mol. The van der Waals surface area contributed by atoms with Crippen LogP contribution in [0.1, 0.15) is 18.9 Å². The van der Waals surface area contributed by atoms with E-state index in [1.54, 1.807) is 0 Å². The predicted octanol–water partition coefficient (Wildman–Crippen LogP) is 0.317. The van der Waals surface area contributed by atoms with Crippen LogP contribution >= 0.6 is 0 Å². The summed E-state index contributed by atoms with van der Waals surface area (Å²) in [7, 11) is 0. The number of rotatable bonds is 4. The van der Waals surface area contributed by atoms with Crippen LogP contribution in [0.15, 0.2) is 30.3 Å². The van der Waals surface area contributed by atoms with E-state index < -0.39 is 5.41 Å². The lowest BCUT2D eigenvalue weighted by Gasteiger charge is -2.28. The van der Waals surface area contributed by atoms with Crippen molar-refractivity contribution in [1.82, 2.24) is 5.43 Å². The molecule has 0 aliphatic carbocycles. The molecule has 1 unspecified atom stereocenters. The van der Waals surface area contributed by atoms with Gasteiger partial charge in [-0.1, -0.05) is 37.3 Å². The van der Waals surface area contributed by atoms with Crippen molar-refractivity contribution in [2.45, 2.75) is 18.8 Å². The Labute approximate surface area is 89.1 Å². The van der Waals surface area contributed by atoms with Gasteiger partial charge in [-0.15, -0.1) is 0 Å². The smallest absolute Gasteiger partial charge is 0.246 e. The maximum absolute atomic E-state index is 11.7. The van der Waals surface area contributed by atoms with Crippen LogP contribution in [0, 0.1) is 0 Å². The van der Waals surface area contributed by atoms with E-state index in [1.807, 2.05) is 37.3 Å². The number of carbonyl (C=O) groups excluding carboxylic acids is 1. The highest BCUT2D eigenvalue weighted by Gasteiger charge is 2.37. The van der Waals surface area contributed by atoms with Crippen LogP contribution in [-0.2, 0) is 10.2 Å². The fraction of sp³-hybridized carbons (Fsp3) is 0.364. The van der Waals surface area contributed by atoms with Gasteiger partial charge in [-0.25, -0.2) is 5.84 Å². The summed E-state index contributed by atoms with van der Waals surface area (Å²) in [6, 6.07) is 9.16. The number of hydrazine groups is 1. The second-order valence-electron chi connectivity index (χ2n) is 3.43. The largest absolute Gasteiger partial charge is 0.395 e. The molecule has 1 amide bonds. The van der Waals surface area contributed by atoms with E-state index in [9.17, 15) is 9.90 Å². The predicted molar refractivity (Wildman–Crippen MR) is 57.8 cm³/mol. The van der Waals surface area contributed by atoms with Gasteiger partial charge in [0.2, 0.25) is 5.91 Å². The average Bonchev–Trinajstić information content (AvgIpc) is 2.32. The maximum atomic E-state index is 11.7. The van der Waals surface area contributed by atoms with Gasteiger partial charge in [0.25, 0.3) is 0 Å². The topological polar surface area (TPSA) is 75.3 Å². The first-order valence-electron chi connectivity index (χ1n) is 4.88. The van der Waals surface area contributed by atoms with E-state index in [0.717, 1.165) is 5.56 Å². The molecule has 1 atom stereocenters. The highest BCUT2D eigenvalue weighted by molar-refractivity contribution is 5.87. The lowest BCUT2D eigenvalue weighted by atomic mass is 9.78. The molecule has 0 aliphatic heterocycles. The fourth-order valence-electron chi connectivity index (χ4n) is 1.67. The molecule has 0 aliphatic rings. The minimum atomic E-state index is -0.935. The van der Waals surface area contributed by atoms with E-state index in [4.69, 9.17) is 5.84 Å². The van der Waals surface area contributed by atoms with Crippen LogP contribution in [-0.4, -0.2) is 17.6 Å². The molecule has 15 heavy (non-hydrogen) atoms. The molecule has 0 saturated carbocycles. The number of amides is 1. The van der Waals surface area contributed by atoms with Crippen molar-refractivity contribution in [3.05, 3.63) is 35.9 Å². The normalized spacial score (nSPS) is 14.3. The second kappa shape index (κ2) is 4.91. The number of benzene rings is 1. The van der Waals surface area contributed by atoms with E-state index in [1.165, 1.54) is 0 Å². The molecule has 0 saturated heterocycles. The summed E-state index contributed by atoms with van der Waals surface area (Å²) in [5.74, 6) is 4.77. The molecule has 0 heterocycles. The van der Waals surface area contributed by atoms with Gasteiger partial charge in [0.15, 0.2) is 0 Å². The van der Waals surface area contributed by atoms with Gasteiger partial charge in [0, 0.05) is 0 Å². The lowest BCUT2D eigenvalue weighted by molar-refractivity contribution is -0.128. The Hall–Kier alpha value is -1.39. The first-order chi connectivity index (χ1) is 7.21. The van der Waals surface area contributed by atoms with Gasteiger partial charge in [-0.3, -0.25) is 10.2 Å². The van der Waals surface area contributed by atoms with Crippen LogP contribution in [0.2, 0.25) is 0 Å². The first-order valence-corrected chi connectivity index (χ1v) is 4.88. The van der Waals surface area contributed by atoms with Crippen LogP contribution in [0.4, 0.5) is 0 Å². The number of aliphatic hydroxyl groups is 1. The van der Waals surface area contributed by atoms with E-state index in [0.29, 0.717) is 6.42 Å². The Morgan fingerprint density at radius 2 is 2.07 bits per heavy atom. The highest BCUT2D eigenvalue weighted by atomic mass is 16.3. The summed E-state index contributed by atoms with van der Waals surface area (Å²) in [6.45, 7) is 1.59. The van der Waals surface area contributed by atoms with Crippen LogP contribution in [0.25, 0.3) is 0 Å². The number of hydrogen-bond acceptors (Lipinski definition) is 3. The molecule has 1 rings (SSSR count). The van der Waals surface area contributed by atoms with Gasteiger partial charge in [0.1, 0.15) is 0 Å². The van der Waals surface area contributed by atoms with Crippen molar-refractivity contribution in [2.24, 2.45) is 5.84 Å². The van der Waals surface area contributed by atoms with Crippen LogP contribution < -0.4 is 11.3 Å². The summed E-state index contributed by atoms with van der Waals surface area (Å²) < 4.78 is 0. The standard InChI is InChI=1S/C11H16N2O2/c1-2-11(8-14,10(15)13-12)9-6-4-3-5-7-9/h3-7,14H,2,8,12H2,1H3,(H,13,15). The third kappa shape index (κ3) is 2.00. The first kappa shape index (κ1) is 11.7. The highest BCUT2D eigenvalue weighted by Crippen LogP contribution is 2.27. The van der Waals surface area contributed by atoms with Crippen molar-refractivity contribution >= 4 is 5.91 Å². The molecule has 4 N–H and O–H groups in total. The summed E-state index contributed by atoms with van der Waals surface area (Å²) in [5.41, 5.74) is 1.95. The molecule has 0 fully saturated rings. The van der Waals surface area contributed by atoms with Crippen molar-refractivity contribution in [3.8, 4) is 0 Å². The summed E-state index contributed by atoms with van der Waals surface area (Å²) in [4.78, 5) is 11.7. The number of nitrogens with one attached hydrogen (secondary N) is 1. The Kier molecular flexibility index (Phi) is 3.82. The maximum Gasteiger partial charge on any atom is 0.246 e. The van der Waals surface area contributed by atoms with Gasteiger partial charge >= 0.3 is 0 Å². The van der Waals surface area contributed by atoms with E-state index >= 15 is 0 Å². The third-order valence-electron chi connectivity index (χ3n) is 2.77. The molecule has 0 bridgehead atoms. The zero-order chi connectivity index (χ0) is 11.3. The summed E-state index contributed by atoms with van der Waals surface area (Å²) in [6.07, 6.45) is 0.497. The second-order valence-corrected chi connectivity index (χ2v) is 3.43. The molecule has 0 spiro atoms. The molecule has 0 radical (unpaired) electrons. The molecule has 82 valence electrons. The number of nitrogens with two attached hydrogens (primary N) is 1. The Bertz CT molecular complexity index is 321. The number of hydrogen-bond donors (Lipinski definition) is 3. The summed E-state index contributed by atoms with van der Waals surface area (Å²) >= 11 is 0.